The standard InChI is InChI=1S/C25H36N2O/c1-7-13-27(24(28)16-21(3)17-25(4,5)6)19-23-12-9-14-26(23)18-22-11-8-10-20(2)15-22/h7-12,14-15,21H,1,13,16-19H2,2-6H3/t21-/m1/s1. The third-order valence-corrected chi connectivity index (χ3v) is 4.90. The van der Waals surface area contributed by atoms with Crippen molar-refractivity contribution in [2.45, 2.75) is 60.5 Å². The van der Waals surface area contributed by atoms with Gasteiger partial charge in [0, 0.05) is 31.4 Å². The fourth-order valence-electron chi connectivity index (χ4n) is 3.91. The van der Waals surface area contributed by atoms with Gasteiger partial charge in [-0.05, 0) is 42.4 Å². The molecule has 28 heavy (non-hydrogen) atoms. The SMILES string of the molecule is C=CCN(Cc1cccn1Cc1cccc(C)c1)C(=O)C[C@@H](C)CC(C)(C)C. The van der Waals surface area contributed by atoms with Gasteiger partial charge in [0.25, 0.3) is 0 Å². The predicted octanol–water partition coefficient (Wildman–Crippen LogP) is 5.82. The largest absolute Gasteiger partial charge is 0.345 e. The molecule has 1 atom stereocenters. The number of aryl methyl sites for hydroxylation is 1. The van der Waals surface area contributed by atoms with Gasteiger partial charge in [0.15, 0.2) is 0 Å². The van der Waals surface area contributed by atoms with E-state index >= 15 is 0 Å². The summed E-state index contributed by atoms with van der Waals surface area (Å²) in [6, 6.07) is 12.7. The number of carbonyl (C=O) groups is 1. The van der Waals surface area contributed by atoms with E-state index in [2.05, 4.69) is 88.4 Å². The normalized spacial score (nSPS) is 12.6. The first kappa shape index (κ1) is 22.0. The number of nitrogens with zero attached hydrogens (tertiary/aromatic N) is 2. The molecule has 1 heterocycles. The van der Waals surface area contributed by atoms with E-state index in [1.54, 1.807) is 0 Å². The minimum absolute atomic E-state index is 0.208. The predicted molar refractivity (Wildman–Crippen MR) is 118 cm³/mol. The van der Waals surface area contributed by atoms with Crippen LogP contribution < -0.4 is 0 Å². The Morgan fingerprint density at radius 2 is 2.00 bits per heavy atom. The van der Waals surface area contributed by atoms with Crippen LogP contribution in [-0.2, 0) is 17.9 Å². The number of carbonyl (C=O) groups excluding carboxylic acids is 1. The van der Waals surface area contributed by atoms with Gasteiger partial charge in [-0.1, -0.05) is 63.6 Å². The molecule has 0 spiro atoms. The Morgan fingerprint density at radius 3 is 2.64 bits per heavy atom. The molecule has 0 aliphatic rings. The Balaban J connectivity index is 2.07. The van der Waals surface area contributed by atoms with Crippen molar-refractivity contribution < 1.29 is 4.79 Å². The maximum absolute atomic E-state index is 12.9. The van der Waals surface area contributed by atoms with Gasteiger partial charge in [0.1, 0.15) is 0 Å². The highest BCUT2D eigenvalue weighted by atomic mass is 16.2. The number of benzene rings is 1. The summed E-state index contributed by atoms with van der Waals surface area (Å²) in [5.74, 6) is 0.582. The Hall–Kier alpha value is -2.29. The van der Waals surface area contributed by atoms with Crippen LogP contribution in [0.15, 0.2) is 55.3 Å². The van der Waals surface area contributed by atoms with E-state index in [0.29, 0.717) is 25.4 Å². The first-order valence-corrected chi connectivity index (χ1v) is 10.3. The van der Waals surface area contributed by atoms with E-state index in [-0.39, 0.29) is 11.3 Å². The van der Waals surface area contributed by atoms with Crippen LogP contribution in [0.1, 0.15) is 57.4 Å². The number of hydrogen-bond donors (Lipinski definition) is 0. The molecule has 1 amide bonds. The Kier molecular flexibility index (Phi) is 7.68. The molecule has 0 N–H and O–H groups in total. The van der Waals surface area contributed by atoms with Crippen molar-refractivity contribution in [3.05, 3.63) is 72.1 Å². The zero-order chi connectivity index (χ0) is 20.7. The minimum Gasteiger partial charge on any atom is -0.345 e. The molecule has 0 unspecified atom stereocenters. The first-order valence-electron chi connectivity index (χ1n) is 10.3. The highest BCUT2D eigenvalue weighted by Crippen LogP contribution is 2.26. The minimum atomic E-state index is 0.208. The van der Waals surface area contributed by atoms with E-state index in [0.717, 1.165) is 18.7 Å². The second-order valence-electron chi connectivity index (χ2n) is 9.25. The van der Waals surface area contributed by atoms with E-state index in [1.807, 2.05) is 11.0 Å². The summed E-state index contributed by atoms with van der Waals surface area (Å²) < 4.78 is 2.23. The molecule has 2 aromatic rings. The lowest BCUT2D eigenvalue weighted by Gasteiger charge is -2.27. The average molecular weight is 381 g/mol. The Bertz CT molecular complexity index is 782. The monoisotopic (exact) mass is 380 g/mol. The van der Waals surface area contributed by atoms with Crippen molar-refractivity contribution in [1.82, 2.24) is 9.47 Å². The smallest absolute Gasteiger partial charge is 0.223 e. The first-order chi connectivity index (χ1) is 13.2. The van der Waals surface area contributed by atoms with Gasteiger partial charge in [-0.2, -0.15) is 0 Å². The van der Waals surface area contributed by atoms with Crippen LogP contribution in [0, 0.1) is 18.3 Å². The van der Waals surface area contributed by atoms with Crippen LogP contribution in [0.25, 0.3) is 0 Å². The number of amides is 1. The van der Waals surface area contributed by atoms with Crippen molar-refractivity contribution in [1.29, 1.82) is 0 Å². The maximum Gasteiger partial charge on any atom is 0.223 e. The third-order valence-electron chi connectivity index (χ3n) is 4.90. The molecule has 3 nitrogen and oxygen atoms in total. The zero-order valence-corrected chi connectivity index (χ0v) is 18.2. The second-order valence-corrected chi connectivity index (χ2v) is 9.25. The summed E-state index contributed by atoms with van der Waals surface area (Å²) in [5.41, 5.74) is 3.94. The van der Waals surface area contributed by atoms with Crippen molar-refractivity contribution in [2.75, 3.05) is 6.54 Å². The molecule has 0 fully saturated rings. The Morgan fingerprint density at radius 1 is 1.25 bits per heavy atom. The van der Waals surface area contributed by atoms with E-state index < -0.39 is 0 Å². The topological polar surface area (TPSA) is 25.2 Å². The molecule has 152 valence electrons. The van der Waals surface area contributed by atoms with E-state index in [4.69, 9.17) is 0 Å². The van der Waals surface area contributed by atoms with Crippen molar-refractivity contribution in [2.24, 2.45) is 11.3 Å². The maximum atomic E-state index is 12.9. The summed E-state index contributed by atoms with van der Waals surface area (Å²) in [7, 11) is 0. The quantitative estimate of drug-likeness (QED) is 0.503. The van der Waals surface area contributed by atoms with Crippen LogP contribution in [0.3, 0.4) is 0 Å². The number of aromatic nitrogens is 1. The van der Waals surface area contributed by atoms with Gasteiger partial charge in [-0.25, -0.2) is 0 Å². The molecule has 0 radical (unpaired) electrons. The van der Waals surface area contributed by atoms with Gasteiger partial charge in [0.2, 0.25) is 5.91 Å². The molecule has 1 aromatic heterocycles. The molecule has 0 aliphatic carbocycles. The van der Waals surface area contributed by atoms with Crippen LogP contribution in [-0.4, -0.2) is 21.9 Å². The summed E-state index contributed by atoms with van der Waals surface area (Å²) in [5, 5.41) is 0. The molecule has 0 bridgehead atoms. The fourth-order valence-corrected chi connectivity index (χ4v) is 3.91. The molecule has 0 aliphatic heterocycles. The third kappa shape index (κ3) is 7.03. The summed E-state index contributed by atoms with van der Waals surface area (Å²) >= 11 is 0. The van der Waals surface area contributed by atoms with Gasteiger partial charge in [0.05, 0.1) is 6.54 Å². The number of rotatable bonds is 9. The van der Waals surface area contributed by atoms with E-state index in [1.165, 1.54) is 11.1 Å². The fraction of sp³-hybridized carbons (Fsp3) is 0.480. The summed E-state index contributed by atoms with van der Waals surface area (Å²) in [6.07, 6.45) is 5.55. The lowest BCUT2D eigenvalue weighted by atomic mass is 9.84. The lowest BCUT2D eigenvalue weighted by molar-refractivity contribution is -0.132. The van der Waals surface area contributed by atoms with Crippen LogP contribution in [0.5, 0.6) is 0 Å². The molecule has 0 saturated heterocycles. The molecular weight excluding hydrogens is 344 g/mol. The van der Waals surface area contributed by atoms with Crippen LogP contribution in [0.2, 0.25) is 0 Å². The van der Waals surface area contributed by atoms with Gasteiger partial charge in [-0.3, -0.25) is 4.79 Å². The number of hydrogen-bond acceptors (Lipinski definition) is 1. The van der Waals surface area contributed by atoms with Crippen molar-refractivity contribution in [3.8, 4) is 0 Å². The highest BCUT2D eigenvalue weighted by Gasteiger charge is 2.21. The molecule has 2 rings (SSSR count). The molecule has 1 aromatic carbocycles. The molecule has 0 saturated carbocycles. The van der Waals surface area contributed by atoms with Gasteiger partial charge in [-0.15, -0.1) is 6.58 Å². The Labute approximate surface area is 171 Å². The zero-order valence-electron chi connectivity index (χ0n) is 18.2. The average Bonchev–Trinajstić information content (AvgIpc) is 2.99. The molecular formula is C25H36N2O. The lowest BCUT2D eigenvalue weighted by Crippen LogP contribution is -2.33. The van der Waals surface area contributed by atoms with Crippen molar-refractivity contribution >= 4 is 5.91 Å². The second kappa shape index (κ2) is 9.77. The van der Waals surface area contributed by atoms with Crippen LogP contribution in [0.4, 0.5) is 0 Å². The van der Waals surface area contributed by atoms with Crippen LogP contribution >= 0.6 is 0 Å². The summed E-state index contributed by atoms with van der Waals surface area (Å²) in [6.45, 7) is 16.8. The van der Waals surface area contributed by atoms with E-state index in [9.17, 15) is 4.79 Å². The summed E-state index contributed by atoms with van der Waals surface area (Å²) in [4.78, 5) is 14.9. The highest BCUT2D eigenvalue weighted by molar-refractivity contribution is 5.76. The molecule has 3 heteroatoms. The van der Waals surface area contributed by atoms with Crippen molar-refractivity contribution in [3.63, 3.8) is 0 Å². The van der Waals surface area contributed by atoms with Gasteiger partial charge >= 0.3 is 0 Å². The van der Waals surface area contributed by atoms with Gasteiger partial charge < -0.3 is 9.47 Å².